The van der Waals surface area contributed by atoms with Gasteiger partial charge in [0.15, 0.2) is 5.58 Å². The number of rotatable bonds is 10. The second-order valence-electron chi connectivity index (χ2n) is 8.66. The fraction of sp³-hybridized carbons (Fsp3) is 0.370. The van der Waals surface area contributed by atoms with Crippen molar-refractivity contribution in [3.63, 3.8) is 0 Å². The number of carbonyl (C=O) groups excluding carboxylic acids is 1. The summed E-state index contributed by atoms with van der Waals surface area (Å²) in [6.07, 6.45) is 3.20. The topological polar surface area (TPSA) is 95.6 Å². The Hall–Kier alpha value is -4.08. The Morgan fingerprint density at radius 3 is 2.57 bits per heavy atom. The second kappa shape index (κ2) is 11.3. The molecule has 4 rings (SSSR count). The maximum absolute atomic E-state index is 14.9. The molecule has 0 spiro atoms. The van der Waals surface area contributed by atoms with Gasteiger partial charge in [0.1, 0.15) is 19.5 Å². The number of cyclic esters (lactones) is 1. The molecule has 2 aromatic carbocycles. The standard InChI is InChI=1S/C27H30FN3O6/c1-16-12-18(14-21(23(16)33-3)25(28)29-35-5)20(8-6-7-9-31-10-11-36-27(31)32)19-13-17(2)24-22(15-19)26(34-4)30-37-24/h8,12-15H,6-7,9-11H2,1-5H3/b20-8+,29-25-. The van der Waals surface area contributed by atoms with Gasteiger partial charge in [-0.05, 0) is 83.9 Å². The quantitative estimate of drug-likeness (QED) is 0.204. The molecule has 0 aliphatic carbocycles. The molecule has 1 fully saturated rings. The van der Waals surface area contributed by atoms with Gasteiger partial charge in [0.05, 0.1) is 31.7 Å². The van der Waals surface area contributed by atoms with Crippen molar-refractivity contribution in [3.05, 3.63) is 58.2 Å². The highest BCUT2D eigenvalue weighted by Crippen LogP contribution is 2.36. The Balaban J connectivity index is 1.80. The molecule has 196 valence electrons. The lowest BCUT2D eigenvalue weighted by molar-refractivity contribution is 0.158. The van der Waals surface area contributed by atoms with Crippen LogP contribution in [0.3, 0.4) is 0 Å². The molecule has 1 saturated heterocycles. The molecule has 0 N–H and O–H groups in total. The zero-order valence-corrected chi connectivity index (χ0v) is 21.6. The third-order valence-electron chi connectivity index (χ3n) is 6.24. The fourth-order valence-electron chi connectivity index (χ4n) is 4.54. The van der Waals surface area contributed by atoms with Gasteiger partial charge in [0.2, 0.25) is 0 Å². The average molecular weight is 512 g/mol. The highest BCUT2D eigenvalue weighted by atomic mass is 19.1. The molecule has 0 bridgehead atoms. The molecule has 0 radical (unpaired) electrons. The van der Waals surface area contributed by atoms with E-state index in [4.69, 9.17) is 18.7 Å². The molecule has 1 amide bonds. The van der Waals surface area contributed by atoms with E-state index in [9.17, 15) is 9.18 Å². The lowest BCUT2D eigenvalue weighted by Crippen LogP contribution is -2.25. The smallest absolute Gasteiger partial charge is 0.409 e. The Kier molecular flexibility index (Phi) is 7.95. The van der Waals surface area contributed by atoms with Gasteiger partial charge >= 0.3 is 6.09 Å². The molecule has 10 heteroatoms. The van der Waals surface area contributed by atoms with Crippen molar-refractivity contribution in [2.24, 2.45) is 5.16 Å². The van der Waals surface area contributed by atoms with E-state index in [1.807, 2.05) is 32.0 Å². The molecule has 0 unspecified atom stereocenters. The number of unbranched alkanes of at least 4 members (excludes halogenated alkanes) is 1. The third-order valence-corrected chi connectivity index (χ3v) is 6.24. The van der Waals surface area contributed by atoms with E-state index in [1.165, 1.54) is 21.3 Å². The van der Waals surface area contributed by atoms with Crippen LogP contribution in [0.2, 0.25) is 0 Å². The molecular formula is C27H30FN3O6. The number of ether oxygens (including phenoxy) is 3. The first-order chi connectivity index (χ1) is 17.9. The second-order valence-corrected chi connectivity index (χ2v) is 8.66. The van der Waals surface area contributed by atoms with Crippen LogP contribution in [0, 0.1) is 13.8 Å². The summed E-state index contributed by atoms with van der Waals surface area (Å²) in [5.41, 5.74) is 4.96. The molecule has 2 heterocycles. The number of halogens is 1. The zero-order valence-electron chi connectivity index (χ0n) is 21.6. The van der Waals surface area contributed by atoms with Gasteiger partial charge in [-0.3, -0.25) is 0 Å². The minimum atomic E-state index is -0.788. The summed E-state index contributed by atoms with van der Waals surface area (Å²) in [6, 6.07) is 7.57. The van der Waals surface area contributed by atoms with Gasteiger partial charge in [-0.15, -0.1) is 0 Å². The largest absolute Gasteiger partial charge is 0.496 e. The van der Waals surface area contributed by atoms with Crippen molar-refractivity contribution in [2.45, 2.75) is 26.7 Å². The number of benzene rings is 2. The van der Waals surface area contributed by atoms with Gasteiger partial charge in [-0.25, -0.2) is 4.79 Å². The number of fused-ring (bicyclic) bond motifs is 1. The Morgan fingerprint density at radius 2 is 1.89 bits per heavy atom. The van der Waals surface area contributed by atoms with Crippen LogP contribution < -0.4 is 9.47 Å². The Bertz CT molecular complexity index is 1360. The van der Waals surface area contributed by atoms with Crippen LogP contribution in [0.4, 0.5) is 9.18 Å². The minimum Gasteiger partial charge on any atom is -0.496 e. The van der Waals surface area contributed by atoms with Crippen LogP contribution in [0.15, 0.2) is 40.0 Å². The molecule has 1 aromatic heterocycles. The van der Waals surface area contributed by atoms with E-state index in [1.54, 1.807) is 11.0 Å². The van der Waals surface area contributed by atoms with Crippen LogP contribution in [0.5, 0.6) is 11.6 Å². The molecule has 37 heavy (non-hydrogen) atoms. The SMILES string of the molecule is CO/N=C(\F)c1cc(/C(=C\CCCN2CCOC2=O)c2cc(C)c3onc(OC)c3c2)cc(C)c1OC. The van der Waals surface area contributed by atoms with Crippen molar-refractivity contribution >= 4 is 28.6 Å². The number of hydrogen-bond acceptors (Lipinski definition) is 8. The predicted molar refractivity (Wildman–Crippen MR) is 137 cm³/mol. The summed E-state index contributed by atoms with van der Waals surface area (Å²) in [4.78, 5) is 18.1. The van der Waals surface area contributed by atoms with Gasteiger partial charge < -0.3 is 28.5 Å². The molecule has 9 nitrogen and oxygen atoms in total. The zero-order chi connectivity index (χ0) is 26.5. The summed E-state index contributed by atoms with van der Waals surface area (Å²) >= 11 is 0. The van der Waals surface area contributed by atoms with Crippen molar-refractivity contribution in [1.82, 2.24) is 10.1 Å². The maximum Gasteiger partial charge on any atom is 0.409 e. The van der Waals surface area contributed by atoms with Crippen LogP contribution >= 0.6 is 0 Å². The molecular weight excluding hydrogens is 481 g/mol. The molecule has 0 atom stereocenters. The lowest BCUT2D eigenvalue weighted by atomic mass is 9.91. The van der Waals surface area contributed by atoms with E-state index in [2.05, 4.69) is 21.2 Å². The molecule has 0 saturated carbocycles. The maximum atomic E-state index is 14.9. The van der Waals surface area contributed by atoms with Gasteiger partial charge in [0.25, 0.3) is 11.8 Å². The molecule has 1 aliphatic heterocycles. The highest BCUT2D eigenvalue weighted by Gasteiger charge is 2.22. The molecule has 3 aromatic rings. The summed E-state index contributed by atoms with van der Waals surface area (Å²) < 4.78 is 36.2. The monoisotopic (exact) mass is 511 g/mol. The highest BCUT2D eigenvalue weighted by molar-refractivity contribution is 5.98. The first kappa shape index (κ1) is 26.0. The number of methoxy groups -OCH3 is 2. The Labute approximate surface area is 214 Å². The first-order valence-corrected chi connectivity index (χ1v) is 11.9. The van der Waals surface area contributed by atoms with E-state index in [-0.39, 0.29) is 11.7 Å². The Morgan fingerprint density at radius 1 is 1.14 bits per heavy atom. The normalized spacial score (nSPS) is 14.3. The van der Waals surface area contributed by atoms with Crippen molar-refractivity contribution in [3.8, 4) is 11.6 Å². The van der Waals surface area contributed by atoms with Gasteiger partial charge in [-0.2, -0.15) is 4.39 Å². The van der Waals surface area contributed by atoms with E-state index >= 15 is 0 Å². The number of nitrogens with zero attached hydrogens (tertiary/aromatic N) is 3. The third kappa shape index (κ3) is 5.37. The number of aromatic nitrogens is 1. The predicted octanol–water partition coefficient (Wildman–Crippen LogP) is 5.40. The number of carbonyl (C=O) groups is 1. The van der Waals surface area contributed by atoms with E-state index < -0.39 is 5.97 Å². The number of allylic oxidation sites excluding steroid dienone is 1. The van der Waals surface area contributed by atoms with Crippen LogP contribution in [-0.4, -0.2) is 63.1 Å². The number of amides is 1. The number of aryl methyl sites for hydroxylation is 2. The van der Waals surface area contributed by atoms with Gasteiger partial charge in [0, 0.05) is 6.54 Å². The van der Waals surface area contributed by atoms with Crippen molar-refractivity contribution in [1.29, 1.82) is 0 Å². The van der Waals surface area contributed by atoms with Crippen molar-refractivity contribution in [2.75, 3.05) is 41.0 Å². The first-order valence-electron chi connectivity index (χ1n) is 11.9. The van der Waals surface area contributed by atoms with Crippen LogP contribution in [-0.2, 0) is 9.57 Å². The van der Waals surface area contributed by atoms with E-state index in [0.717, 1.165) is 39.6 Å². The van der Waals surface area contributed by atoms with E-state index in [0.29, 0.717) is 43.3 Å². The minimum absolute atomic E-state index is 0.186. The summed E-state index contributed by atoms with van der Waals surface area (Å²) in [6.45, 7) is 5.38. The lowest BCUT2D eigenvalue weighted by Gasteiger charge is -2.16. The number of oxime groups is 1. The van der Waals surface area contributed by atoms with Crippen molar-refractivity contribution < 1.29 is 32.8 Å². The van der Waals surface area contributed by atoms with Crippen LogP contribution in [0.25, 0.3) is 16.5 Å². The van der Waals surface area contributed by atoms with Crippen LogP contribution in [0.1, 0.15) is 40.7 Å². The summed E-state index contributed by atoms with van der Waals surface area (Å²) in [5.74, 6) is -0.0264. The summed E-state index contributed by atoms with van der Waals surface area (Å²) in [7, 11) is 4.31. The fourth-order valence-corrected chi connectivity index (χ4v) is 4.54. The van der Waals surface area contributed by atoms with Gasteiger partial charge in [-0.1, -0.05) is 11.2 Å². The number of hydrogen-bond donors (Lipinski definition) is 0. The molecule has 1 aliphatic rings. The summed E-state index contributed by atoms with van der Waals surface area (Å²) in [5, 5.41) is 8.22. The average Bonchev–Trinajstić information content (AvgIpc) is 3.49.